The maximum absolute atomic E-state index is 4.11. The SMILES string of the molecule is CCC(CSC)n1nnnc1CNC(C)(C)C. The molecule has 6 heteroatoms. The van der Waals surface area contributed by atoms with Crippen molar-refractivity contribution >= 4 is 11.8 Å². The highest BCUT2D eigenvalue weighted by Crippen LogP contribution is 2.16. The van der Waals surface area contributed by atoms with Crippen LogP contribution in [0, 0.1) is 0 Å². The molecule has 1 aromatic rings. The number of thioether (sulfide) groups is 1. The number of tetrazole rings is 1. The van der Waals surface area contributed by atoms with Crippen molar-refractivity contribution in [2.45, 2.75) is 52.2 Å². The molecule has 0 aliphatic carbocycles. The Kier molecular flexibility index (Phi) is 5.39. The lowest BCUT2D eigenvalue weighted by atomic mass is 10.1. The van der Waals surface area contributed by atoms with E-state index in [0.717, 1.165) is 18.0 Å². The minimum Gasteiger partial charge on any atom is -0.305 e. The molecule has 1 N–H and O–H groups in total. The standard InChI is InChI=1S/C11H23N5S/c1-6-9(8-17-5)16-10(13-14-15-16)7-12-11(2,3)4/h9,12H,6-8H2,1-5H3. The Balaban J connectivity index is 2.70. The van der Waals surface area contributed by atoms with E-state index in [9.17, 15) is 0 Å². The van der Waals surface area contributed by atoms with Crippen molar-refractivity contribution in [3.63, 3.8) is 0 Å². The molecule has 1 unspecified atom stereocenters. The van der Waals surface area contributed by atoms with Gasteiger partial charge in [0.1, 0.15) is 0 Å². The van der Waals surface area contributed by atoms with Crippen molar-refractivity contribution in [1.29, 1.82) is 0 Å². The third kappa shape index (κ3) is 4.63. The molecule has 1 aromatic heterocycles. The quantitative estimate of drug-likeness (QED) is 0.843. The fourth-order valence-electron chi connectivity index (χ4n) is 1.51. The van der Waals surface area contributed by atoms with Gasteiger partial charge in [-0.2, -0.15) is 11.8 Å². The predicted molar refractivity (Wildman–Crippen MR) is 72.1 cm³/mol. The molecule has 98 valence electrons. The zero-order valence-electron chi connectivity index (χ0n) is 11.4. The van der Waals surface area contributed by atoms with E-state index < -0.39 is 0 Å². The second-order valence-corrected chi connectivity index (χ2v) is 6.07. The lowest BCUT2D eigenvalue weighted by Gasteiger charge is -2.21. The third-order valence-corrected chi connectivity index (χ3v) is 3.23. The van der Waals surface area contributed by atoms with Crippen LogP contribution < -0.4 is 5.32 Å². The summed E-state index contributed by atoms with van der Waals surface area (Å²) in [7, 11) is 0. The Morgan fingerprint density at radius 2 is 2.12 bits per heavy atom. The number of rotatable bonds is 6. The topological polar surface area (TPSA) is 55.6 Å². The Morgan fingerprint density at radius 3 is 2.65 bits per heavy atom. The van der Waals surface area contributed by atoms with Crippen LogP contribution in [0.3, 0.4) is 0 Å². The van der Waals surface area contributed by atoms with Crippen LogP contribution in [0.5, 0.6) is 0 Å². The molecule has 17 heavy (non-hydrogen) atoms. The molecule has 1 heterocycles. The van der Waals surface area contributed by atoms with Gasteiger partial charge in [-0.15, -0.1) is 5.10 Å². The van der Waals surface area contributed by atoms with Gasteiger partial charge in [0.25, 0.3) is 0 Å². The number of aromatic nitrogens is 4. The maximum atomic E-state index is 4.11. The molecule has 0 aliphatic rings. The van der Waals surface area contributed by atoms with E-state index in [2.05, 4.69) is 54.8 Å². The summed E-state index contributed by atoms with van der Waals surface area (Å²) in [5.41, 5.74) is 0.0813. The zero-order chi connectivity index (χ0) is 12.9. The molecule has 0 bridgehead atoms. The van der Waals surface area contributed by atoms with Crippen LogP contribution in [0.25, 0.3) is 0 Å². The second kappa shape index (κ2) is 6.35. The van der Waals surface area contributed by atoms with Gasteiger partial charge in [-0.3, -0.25) is 0 Å². The van der Waals surface area contributed by atoms with Crippen LogP contribution in [0.4, 0.5) is 0 Å². The highest BCUT2D eigenvalue weighted by molar-refractivity contribution is 7.98. The predicted octanol–water partition coefficient (Wildman–Crippen LogP) is 1.88. The van der Waals surface area contributed by atoms with Crippen molar-refractivity contribution in [2.24, 2.45) is 0 Å². The largest absolute Gasteiger partial charge is 0.305 e. The maximum Gasteiger partial charge on any atom is 0.165 e. The average Bonchev–Trinajstić information content (AvgIpc) is 2.70. The first-order valence-electron chi connectivity index (χ1n) is 5.98. The van der Waals surface area contributed by atoms with E-state index in [0.29, 0.717) is 12.6 Å². The van der Waals surface area contributed by atoms with Crippen molar-refractivity contribution < 1.29 is 0 Å². The van der Waals surface area contributed by atoms with E-state index in [4.69, 9.17) is 0 Å². The van der Waals surface area contributed by atoms with Crippen LogP contribution in [-0.2, 0) is 6.54 Å². The summed E-state index contributed by atoms with van der Waals surface area (Å²) in [5, 5.41) is 15.4. The number of nitrogens with zero attached hydrogens (tertiary/aromatic N) is 4. The van der Waals surface area contributed by atoms with Crippen molar-refractivity contribution in [3.05, 3.63) is 5.82 Å². The fourth-order valence-corrected chi connectivity index (χ4v) is 2.27. The normalized spacial score (nSPS) is 13.9. The van der Waals surface area contributed by atoms with E-state index in [1.54, 1.807) is 0 Å². The van der Waals surface area contributed by atoms with Crippen LogP contribution in [0.15, 0.2) is 0 Å². The minimum absolute atomic E-state index is 0.0813. The van der Waals surface area contributed by atoms with Gasteiger partial charge in [-0.1, -0.05) is 6.92 Å². The number of hydrogen-bond donors (Lipinski definition) is 1. The molecule has 0 spiro atoms. The highest BCUT2D eigenvalue weighted by atomic mass is 32.2. The van der Waals surface area contributed by atoms with E-state index in [-0.39, 0.29) is 5.54 Å². The van der Waals surface area contributed by atoms with Crippen molar-refractivity contribution in [2.75, 3.05) is 12.0 Å². The van der Waals surface area contributed by atoms with Crippen molar-refractivity contribution in [1.82, 2.24) is 25.5 Å². The first kappa shape index (κ1) is 14.4. The summed E-state index contributed by atoms with van der Waals surface area (Å²) < 4.78 is 1.95. The first-order valence-corrected chi connectivity index (χ1v) is 7.38. The Labute approximate surface area is 108 Å². The lowest BCUT2D eigenvalue weighted by molar-refractivity contribution is 0.392. The Morgan fingerprint density at radius 1 is 1.41 bits per heavy atom. The molecule has 0 aromatic carbocycles. The molecule has 0 saturated carbocycles. The molecule has 0 amide bonds. The summed E-state index contributed by atoms with van der Waals surface area (Å²) in [5.74, 6) is 1.96. The molecule has 5 nitrogen and oxygen atoms in total. The molecule has 1 rings (SSSR count). The molecular formula is C11H23N5S. The van der Waals surface area contributed by atoms with Gasteiger partial charge < -0.3 is 5.32 Å². The first-order chi connectivity index (χ1) is 7.98. The van der Waals surface area contributed by atoms with Gasteiger partial charge in [-0.05, 0) is 43.9 Å². The fraction of sp³-hybridized carbons (Fsp3) is 0.909. The zero-order valence-corrected chi connectivity index (χ0v) is 12.2. The average molecular weight is 257 g/mol. The molecule has 0 aliphatic heterocycles. The van der Waals surface area contributed by atoms with Gasteiger partial charge >= 0.3 is 0 Å². The van der Waals surface area contributed by atoms with Crippen LogP contribution in [0.1, 0.15) is 46.0 Å². The van der Waals surface area contributed by atoms with Gasteiger partial charge in [0.2, 0.25) is 0 Å². The molecular weight excluding hydrogens is 234 g/mol. The van der Waals surface area contributed by atoms with Gasteiger partial charge in [0.15, 0.2) is 5.82 Å². The van der Waals surface area contributed by atoms with Gasteiger partial charge in [0.05, 0.1) is 12.6 Å². The molecule has 0 fully saturated rings. The van der Waals surface area contributed by atoms with Gasteiger partial charge in [-0.25, -0.2) is 4.68 Å². The smallest absolute Gasteiger partial charge is 0.165 e. The summed E-state index contributed by atoms with van der Waals surface area (Å²) in [4.78, 5) is 0. The lowest BCUT2D eigenvalue weighted by Crippen LogP contribution is -2.36. The summed E-state index contributed by atoms with van der Waals surface area (Å²) in [6, 6.07) is 0.386. The van der Waals surface area contributed by atoms with E-state index in [1.807, 2.05) is 16.4 Å². The number of nitrogens with one attached hydrogen (secondary N) is 1. The Hall–Kier alpha value is -0.620. The van der Waals surface area contributed by atoms with E-state index >= 15 is 0 Å². The van der Waals surface area contributed by atoms with Crippen molar-refractivity contribution in [3.8, 4) is 0 Å². The third-order valence-electron chi connectivity index (χ3n) is 2.51. The van der Waals surface area contributed by atoms with Crippen LogP contribution in [-0.4, -0.2) is 37.8 Å². The van der Waals surface area contributed by atoms with E-state index in [1.165, 1.54) is 0 Å². The summed E-state index contributed by atoms with van der Waals surface area (Å²) in [6.45, 7) is 9.30. The molecule has 0 saturated heterocycles. The monoisotopic (exact) mass is 257 g/mol. The molecule has 0 radical (unpaired) electrons. The molecule has 1 atom stereocenters. The second-order valence-electron chi connectivity index (χ2n) is 5.16. The van der Waals surface area contributed by atoms with Crippen LogP contribution >= 0.6 is 11.8 Å². The Bertz CT molecular complexity index is 331. The summed E-state index contributed by atoms with van der Waals surface area (Å²) >= 11 is 1.83. The highest BCUT2D eigenvalue weighted by Gasteiger charge is 2.17. The van der Waals surface area contributed by atoms with Gasteiger partial charge in [0, 0.05) is 11.3 Å². The summed E-state index contributed by atoms with van der Waals surface area (Å²) in [6.07, 6.45) is 3.16. The minimum atomic E-state index is 0.0813. The number of hydrogen-bond acceptors (Lipinski definition) is 5. The van der Waals surface area contributed by atoms with Crippen LogP contribution in [0.2, 0.25) is 0 Å².